The maximum Gasteiger partial charge on any atom is 0.313 e. The molecule has 1 N–H and O–H groups in total. The molecule has 0 saturated carbocycles. The highest BCUT2D eigenvalue weighted by molar-refractivity contribution is 7.88. The van der Waals surface area contributed by atoms with Crippen LogP contribution in [0.15, 0.2) is 24.3 Å². The predicted octanol–water partition coefficient (Wildman–Crippen LogP) is 0.758. The molecule has 2 atom stereocenters. The van der Waals surface area contributed by atoms with E-state index >= 15 is 0 Å². The highest BCUT2D eigenvalue weighted by Crippen LogP contribution is 2.44. The van der Waals surface area contributed by atoms with Crippen LogP contribution in [0, 0.1) is 11.3 Å². The van der Waals surface area contributed by atoms with Crippen LogP contribution < -0.4 is 0 Å². The molecular formula is C15H17ClN2O5S. The van der Waals surface area contributed by atoms with Gasteiger partial charge in [0.15, 0.2) is 0 Å². The summed E-state index contributed by atoms with van der Waals surface area (Å²) in [7, 11) is -3.46. The molecule has 130 valence electrons. The molecule has 2 fully saturated rings. The van der Waals surface area contributed by atoms with Gasteiger partial charge in [-0.1, -0.05) is 17.7 Å². The molecule has 1 amide bonds. The molecule has 1 aromatic rings. The van der Waals surface area contributed by atoms with Crippen molar-refractivity contribution in [1.29, 1.82) is 0 Å². The van der Waals surface area contributed by atoms with Crippen LogP contribution in [0.25, 0.3) is 0 Å². The van der Waals surface area contributed by atoms with Crippen LogP contribution in [0.4, 0.5) is 0 Å². The Balaban J connectivity index is 1.86. The summed E-state index contributed by atoms with van der Waals surface area (Å²) in [6, 6.07) is 6.47. The Hall–Kier alpha value is -1.64. The summed E-state index contributed by atoms with van der Waals surface area (Å²) in [5.74, 6) is -1.79. The molecule has 1 aromatic carbocycles. The Morgan fingerprint density at radius 3 is 2.54 bits per heavy atom. The van der Waals surface area contributed by atoms with Gasteiger partial charge in [-0.3, -0.25) is 9.59 Å². The monoisotopic (exact) mass is 372 g/mol. The van der Waals surface area contributed by atoms with E-state index in [0.717, 1.165) is 6.26 Å². The highest BCUT2D eigenvalue weighted by atomic mass is 35.5. The van der Waals surface area contributed by atoms with Crippen LogP contribution in [0.2, 0.25) is 5.02 Å². The Morgan fingerprint density at radius 2 is 2.00 bits per heavy atom. The Morgan fingerprint density at radius 1 is 1.29 bits per heavy atom. The number of aliphatic carboxylic acids is 1. The number of fused-ring (bicyclic) bond motifs is 1. The molecule has 2 saturated heterocycles. The fourth-order valence-electron chi connectivity index (χ4n) is 3.53. The summed E-state index contributed by atoms with van der Waals surface area (Å²) in [6.45, 7) is 0.212. The van der Waals surface area contributed by atoms with Gasteiger partial charge in [0, 0.05) is 42.7 Å². The van der Waals surface area contributed by atoms with Crippen LogP contribution in [0.5, 0.6) is 0 Å². The van der Waals surface area contributed by atoms with Crippen LogP contribution in [0.3, 0.4) is 0 Å². The first kappa shape index (κ1) is 17.2. The second-order valence-corrected chi connectivity index (χ2v) is 8.83. The molecule has 0 unspecified atom stereocenters. The lowest BCUT2D eigenvalue weighted by molar-refractivity contribution is -0.148. The minimum absolute atomic E-state index is 0.00956. The molecule has 2 heterocycles. The van der Waals surface area contributed by atoms with Crippen molar-refractivity contribution in [3.05, 3.63) is 34.9 Å². The van der Waals surface area contributed by atoms with E-state index in [2.05, 4.69) is 0 Å². The molecule has 2 aliphatic heterocycles. The van der Waals surface area contributed by atoms with Gasteiger partial charge in [-0.15, -0.1) is 0 Å². The quantitative estimate of drug-likeness (QED) is 0.845. The van der Waals surface area contributed by atoms with E-state index in [1.165, 1.54) is 15.3 Å². The summed E-state index contributed by atoms with van der Waals surface area (Å²) in [4.78, 5) is 25.9. The van der Waals surface area contributed by atoms with Crippen molar-refractivity contribution in [3.8, 4) is 0 Å². The van der Waals surface area contributed by atoms with E-state index in [1.54, 1.807) is 18.2 Å². The maximum absolute atomic E-state index is 12.6. The second-order valence-electron chi connectivity index (χ2n) is 6.41. The minimum Gasteiger partial charge on any atom is -0.481 e. The van der Waals surface area contributed by atoms with Gasteiger partial charge in [0.2, 0.25) is 10.0 Å². The first-order valence-corrected chi connectivity index (χ1v) is 9.59. The molecule has 0 spiro atoms. The number of amides is 1. The molecule has 0 aliphatic carbocycles. The zero-order chi connectivity index (χ0) is 17.7. The van der Waals surface area contributed by atoms with E-state index in [0.29, 0.717) is 10.6 Å². The average molecular weight is 373 g/mol. The first-order valence-electron chi connectivity index (χ1n) is 7.37. The fraction of sp³-hybridized carbons (Fsp3) is 0.467. The number of halogens is 1. The Bertz CT molecular complexity index is 812. The van der Waals surface area contributed by atoms with E-state index in [4.69, 9.17) is 11.6 Å². The number of carbonyl (C=O) groups is 2. The molecule has 3 rings (SSSR count). The normalized spacial score (nSPS) is 27.2. The van der Waals surface area contributed by atoms with Crippen molar-refractivity contribution in [2.45, 2.75) is 0 Å². The number of carbonyl (C=O) groups excluding carboxylic acids is 1. The minimum atomic E-state index is -3.46. The Kier molecular flexibility index (Phi) is 4.09. The van der Waals surface area contributed by atoms with Crippen LogP contribution >= 0.6 is 11.6 Å². The van der Waals surface area contributed by atoms with Gasteiger partial charge in [-0.05, 0) is 18.2 Å². The molecule has 0 aromatic heterocycles. The third kappa shape index (κ3) is 2.78. The molecular weight excluding hydrogens is 356 g/mol. The van der Waals surface area contributed by atoms with E-state index < -0.39 is 27.3 Å². The number of carboxylic acid groups (broad SMARTS) is 1. The van der Waals surface area contributed by atoms with Crippen molar-refractivity contribution in [1.82, 2.24) is 9.21 Å². The first-order chi connectivity index (χ1) is 11.1. The van der Waals surface area contributed by atoms with Crippen LogP contribution in [0.1, 0.15) is 10.4 Å². The predicted molar refractivity (Wildman–Crippen MR) is 87.3 cm³/mol. The van der Waals surface area contributed by atoms with Gasteiger partial charge in [0.05, 0.1) is 6.26 Å². The summed E-state index contributed by atoms with van der Waals surface area (Å²) in [6.07, 6.45) is 1.07. The van der Waals surface area contributed by atoms with Gasteiger partial charge < -0.3 is 10.0 Å². The fourth-order valence-corrected chi connectivity index (χ4v) is 4.64. The number of sulfonamides is 1. The summed E-state index contributed by atoms with van der Waals surface area (Å²) >= 11 is 5.90. The number of hydrogen-bond donors (Lipinski definition) is 1. The lowest BCUT2D eigenvalue weighted by Gasteiger charge is -2.24. The van der Waals surface area contributed by atoms with Crippen molar-refractivity contribution in [3.63, 3.8) is 0 Å². The zero-order valence-electron chi connectivity index (χ0n) is 13.0. The molecule has 24 heavy (non-hydrogen) atoms. The number of hydrogen-bond acceptors (Lipinski definition) is 4. The van der Waals surface area contributed by atoms with Crippen molar-refractivity contribution in [2.75, 3.05) is 32.4 Å². The van der Waals surface area contributed by atoms with Crippen molar-refractivity contribution in [2.24, 2.45) is 11.3 Å². The van der Waals surface area contributed by atoms with Crippen LogP contribution in [-0.4, -0.2) is 67.0 Å². The zero-order valence-corrected chi connectivity index (χ0v) is 14.5. The highest BCUT2D eigenvalue weighted by Gasteiger charge is 2.60. The summed E-state index contributed by atoms with van der Waals surface area (Å²) in [5, 5.41) is 10.1. The van der Waals surface area contributed by atoms with E-state index in [9.17, 15) is 23.1 Å². The van der Waals surface area contributed by atoms with Gasteiger partial charge in [-0.2, -0.15) is 0 Å². The summed E-state index contributed by atoms with van der Waals surface area (Å²) < 4.78 is 24.7. The number of nitrogens with zero attached hydrogens (tertiary/aromatic N) is 2. The molecule has 9 heteroatoms. The van der Waals surface area contributed by atoms with Gasteiger partial charge >= 0.3 is 5.97 Å². The third-order valence-corrected chi connectivity index (χ3v) is 6.28. The largest absolute Gasteiger partial charge is 0.481 e. The topological polar surface area (TPSA) is 95.0 Å². The number of likely N-dealkylation sites (tertiary alicyclic amines) is 1. The SMILES string of the molecule is CS(=O)(=O)N1C[C@H]2CN(C(=O)c3cccc(Cl)c3)C[C@@]2(C(=O)O)C1. The maximum atomic E-state index is 12.6. The van der Waals surface area contributed by atoms with Crippen molar-refractivity contribution < 1.29 is 23.1 Å². The second kappa shape index (κ2) is 5.72. The average Bonchev–Trinajstić information content (AvgIpc) is 3.01. The molecule has 0 bridgehead atoms. The van der Waals surface area contributed by atoms with Gasteiger partial charge in [0.25, 0.3) is 5.91 Å². The van der Waals surface area contributed by atoms with E-state index in [1.807, 2.05) is 0 Å². The number of carboxylic acids is 1. The molecule has 7 nitrogen and oxygen atoms in total. The molecule has 0 radical (unpaired) electrons. The van der Waals surface area contributed by atoms with Crippen LogP contribution in [-0.2, 0) is 14.8 Å². The number of rotatable bonds is 3. The lowest BCUT2D eigenvalue weighted by Crippen LogP contribution is -2.42. The number of benzene rings is 1. The molecule has 2 aliphatic rings. The third-order valence-electron chi connectivity index (χ3n) is 4.83. The smallest absolute Gasteiger partial charge is 0.313 e. The van der Waals surface area contributed by atoms with Gasteiger partial charge in [-0.25, -0.2) is 12.7 Å². The van der Waals surface area contributed by atoms with E-state index in [-0.39, 0.29) is 32.1 Å². The van der Waals surface area contributed by atoms with Gasteiger partial charge in [0.1, 0.15) is 5.41 Å². The summed E-state index contributed by atoms with van der Waals surface area (Å²) in [5.41, 5.74) is -0.861. The standard InChI is InChI=1S/C15H17ClN2O5S/c1-24(22,23)18-7-11-6-17(8-15(11,9-18)14(20)21)13(19)10-3-2-4-12(16)5-10/h2-5,11H,6-9H2,1H3,(H,20,21)/t11-,15-/m1/s1. The van der Waals surface area contributed by atoms with Crippen molar-refractivity contribution >= 4 is 33.5 Å². The lowest BCUT2D eigenvalue weighted by atomic mass is 9.81. The Labute approximate surface area is 144 Å².